The monoisotopic (exact) mass is 539 g/mol. The fourth-order valence-corrected chi connectivity index (χ4v) is 5.87. The van der Waals surface area contributed by atoms with Crippen LogP contribution in [0.1, 0.15) is 46.3 Å². The number of hydrogen-bond donors (Lipinski definition) is 2. The number of imide groups is 1. The molecular formula is C31H33N5O4. The lowest BCUT2D eigenvalue weighted by Crippen LogP contribution is -2.54. The summed E-state index contributed by atoms with van der Waals surface area (Å²) in [5.74, 6) is -0.172. The number of nitrogens with one attached hydrogen (secondary N) is 2. The predicted octanol–water partition coefficient (Wildman–Crippen LogP) is 2.65. The van der Waals surface area contributed by atoms with Crippen LogP contribution in [0.15, 0.2) is 73.1 Å². The molecule has 2 N–H and O–H groups in total. The Balaban J connectivity index is 1.17. The zero-order chi connectivity index (χ0) is 27.5. The first-order valence-corrected chi connectivity index (χ1v) is 13.9. The highest BCUT2D eigenvalue weighted by Gasteiger charge is 2.39. The lowest BCUT2D eigenvalue weighted by atomic mass is 10.00. The smallest absolute Gasteiger partial charge is 0.255 e. The fourth-order valence-electron chi connectivity index (χ4n) is 5.87. The van der Waals surface area contributed by atoms with E-state index in [0.29, 0.717) is 30.8 Å². The maximum atomic E-state index is 13.1. The fraction of sp³-hybridized carbons (Fsp3) is 0.355. The molecule has 6 rings (SSSR count). The molecule has 0 aliphatic carbocycles. The highest BCUT2D eigenvalue weighted by Crippen LogP contribution is 2.31. The molecule has 0 saturated carbocycles. The van der Waals surface area contributed by atoms with Crippen molar-refractivity contribution in [2.75, 3.05) is 13.1 Å². The molecule has 3 aliphatic heterocycles. The number of nitrogens with zero attached hydrogens (tertiary/aromatic N) is 3. The van der Waals surface area contributed by atoms with E-state index < -0.39 is 11.9 Å². The van der Waals surface area contributed by atoms with Crippen molar-refractivity contribution in [3.63, 3.8) is 0 Å². The minimum atomic E-state index is -0.632. The van der Waals surface area contributed by atoms with Gasteiger partial charge in [0, 0.05) is 63.1 Å². The van der Waals surface area contributed by atoms with Crippen molar-refractivity contribution in [3.8, 4) is 5.75 Å². The Hall–Kier alpha value is -4.08. The minimum absolute atomic E-state index is 0.101. The summed E-state index contributed by atoms with van der Waals surface area (Å²) in [5, 5.41) is 6.04. The number of ether oxygens (including phenoxy) is 1. The topological polar surface area (TPSA) is 104 Å². The second-order valence-electron chi connectivity index (χ2n) is 10.7. The summed E-state index contributed by atoms with van der Waals surface area (Å²) in [6, 6.07) is 19.5. The number of hydrogen-bond acceptors (Lipinski definition) is 7. The molecule has 3 amide bonds. The maximum absolute atomic E-state index is 13.1. The summed E-state index contributed by atoms with van der Waals surface area (Å²) >= 11 is 0. The molecule has 206 valence electrons. The molecule has 3 atom stereocenters. The van der Waals surface area contributed by atoms with Gasteiger partial charge in [-0.1, -0.05) is 36.4 Å². The zero-order valence-corrected chi connectivity index (χ0v) is 22.3. The molecule has 9 heteroatoms. The molecule has 3 aliphatic rings. The molecular weight excluding hydrogens is 506 g/mol. The summed E-state index contributed by atoms with van der Waals surface area (Å²) < 4.78 is 6.63. The summed E-state index contributed by atoms with van der Waals surface area (Å²) in [6.07, 6.45) is 5.06. The molecule has 0 spiro atoms. The van der Waals surface area contributed by atoms with E-state index in [4.69, 9.17) is 4.74 Å². The third kappa shape index (κ3) is 5.76. The number of piperidine rings is 2. The van der Waals surface area contributed by atoms with Gasteiger partial charge in [0.15, 0.2) is 0 Å². The molecule has 4 heterocycles. The Bertz CT molecular complexity index is 1380. The Morgan fingerprint density at radius 1 is 1.00 bits per heavy atom. The van der Waals surface area contributed by atoms with Crippen LogP contribution in [0.5, 0.6) is 5.75 Å². The van der Waals surface area contributed by atoms with Gasteiger partial charge >= 0.3 is 0 Å². The SMILES string of the molecule is O=C1CCC(N2Cc3cc(O[C@@H]4CN(Cc5ccccc5)CC[C@H]4NCc4cccnc4)ccc3C2=O)C(=O)N1. The molecule has 40 heavy (non-hydrogen) atoms. The minimum Gasteiger partial charge on any atom is -0.487 e. The molecule has 1 aromatic heterocycles. The molecule has 9 nitrogen and oxygen atoms in total. The van der Waals surface area contributed by atoms with Crippen molar-refractivity contribution in [2.24, 2.45) is 0 Å². The summed E-state index contributed by atoms with van der Waals surface area (Å²) in [6.45, 7) is 3.61. The van der Waals surface area contributed by atoms with Gasteiger partial charge in [-0.2, -0.15) is 0 Å². The number of fused-ring (bicyclic) bond motifs is 1. The van der Waals surface area contributed by atoms with Crippen molar-refractivity contribution >= 4 is 17.7 Å². The Labute approximate surface area is 233 Å². The molecule has 0 radical (unpaired) electrons. The van der Waals surface area contributed by atoms with Crippen LogP contribution in [0.25, 0.3) is 0 Å². The standard InChI is InChI=1S/C31H33N5O4/c37-29-11-10-27(30(38)34-29)36-19-23-15-24(8-9-25(23)31(36)39)40-28-20-35(18-21-5-2-1-3-6-21)14-12-26(28)33-17-22-7-4-13-32-16-22/h1-9,13,15-16,26-28,33H,10-12,14,17-20H2,(H,34,37,38)/t26-,27?,28-/m1/s1. The van der Waals surface area contributed by atoms with Crippen LogP contribution in [0.2, 0.25) is 0 Å². The largest absolute Gasteiger partial charge is 0.487 e. The summed E-state index contributed by atoms with van der Waals surface area (Å²) in [5.41, 5.74) is 3.81. The Morgan fingerprint density at radius 3 is 2.65 bits per heavy atom. The maximum Gasteiger partial charge on any atom is 0.255 e. The van der Waals surface area contributed by atoms with Gasteiger partial charge < -0.3 is 15.0 Å². The Morgan fingerprint density at radius 2 is 1.85 bits per heavy atom. The van der Waals surface area contributed by atoms with Gasteiger partial charge in [0.2, 0.25) is 11.8 Å². The van der Waals surface area contributed by atoms with Gasteiger partial charge in [-0.15, -0.1) is 0 Å². The van der Waals surface area contributed by atoms with Crippen LogP contribution in [0.4, 0.5) is 0 Å². The molecule has 1 unspecified atom stereocenters. The quantitative estimate of drug-likeness (QED) is 0.424. The van der Waals surface area contributed by atoms with Crippen LogP contribution < -0.4 is 15.4 Å². The normalized spacial score (nSPS) is 23.1. The summed E-state index contributed by atoms with van der Waals surface area (Å²) in [7, 11) is 0. The highest BCUT2D eigenvalue weighted by atomic mass is 16.5. The van der Waals surface area contributed by atoms with Crippen molar-refractivity contribution in [2.45, 2.75) is 57.1 Å². The van der Waals surface area contributed by atoms with Gasteiger partial charge in [0.25, 0.3) is 5.91 Å². The lowest BCUT2D eigenvalue weighted by Gasteiger charge is -2.39. The molecule has 2 saturated heterocycles. The number of benzene rings is 2. The number of rotatable bonds is 8. The van der Waals surface area contributed by atoms with Crippen molar-refractivity contribution < 1.29 is 19.1 Å². The van der Waals surface area contributed by atoms with E-state index >= 15 is 0 Å². The second-order valence-corrected chi connectivity index (χ2v) is 10.7. The van der Waals surface area contributed by atoms with Gasteiger partial charge in [0.05, 0.1) is 0 Å². The van der Waals surface area contributed by atoms with Crippen LogP contribution in [-0.4, -0.2) is 63.8 Å². The molecule has 3 aromatic rings. The van der Waals surface area contributed by atoms with Crippen molar-refractivity contribution in [1.29, 1.82) is 0 Å². The first-order chi connectivity index (χ1) is 19.5. The third-order valence-electron chi connectivity index (χ3n) is 7.97. The average molecular weight is 540 g/mol. The second kappa shape index (κ2) is 11.6. The first kappa shape index (κ1) is 26.2. The van der Waals surface area contributed by atoms with E-state index in [1.807, 2.05) is 30.5 Å². The van der Waals surface area contributed by atoms with E-state index in [0.717, 1.165) is 37.2 Å². The number of amides is 3. The molecule has 0 bridgehead atoms. The lowest BCUT2D eigenvalue weighted by molar-refractivity contribution is -0.136. The van der Waals surface area contributed by atoms with Crippen molar-refractivity contribution in [3.05, 3.63) is 95.3 Å². The zero-order valence-electron chi connectivity index (χ0n) is 22.3. The van der Waals surface area contributed by atoms with Gasteiger partial charge in [0.1, 0.15) is 17.9 Å². The van der Waals surface area contributed by atoms with Gasteiger partial charge in [-0.05, 0) is 53.8 Å². The van der Waals surface area contributed by atoms with E-state index in [1.54, 1.807) is 17.2 Å². The highest BCUT2D eigenvalue weighted by molar-refractivity contribution is 6.05. The van der Waals surface area contributed by atoms with Crippen LogP contribution in [0, 0.1) is 0 Å². The van der Waals surface area contributed by atoms with E-state index in [2.05, 4.69) is 50.8 Å². The third-order valence-corrected chi connectivity index (χ3v) is 7.97. The van der Waals surface area contributed by atoms with Gasteiger partial charge in [-0.3, -0.25) is 29.6 Å². The predicted molar refractivity (Wildman–Crippen MR) is 148 cm³/mol. The number of carbonyl (C=O) groups excluding carboxylic acids is 3. The number of carbonyl (C=O) groups is 3. The van der Waals surface area contributed by atoms with Gasteiger partial charge in [-0.25, -0.2) is 0 Å². The molecule has 2 aromatic carbocycles. The molecule has 2 fully saturated rings. The van der Waals surface area contributed by atoms with Crippen LogP contribution in [0.3, 0.4) is 0 Å². The summed E-state index contributed by atoms with van der Waals surface area (Å²) in [4.78, 5) is 45.3. The first-order valence-electron chi connectivity index (χ1n) is 13.9. The number of pyridine rings is 1. The average Bonchev–Trinajstić information content (AvgIpc) is 3.29. The van der Waals surface area contributed by atoms with Crippen molar-refractivity contribution in [1.82, 2.24) is 25.4 Å². The van der Waals surface area contributed by atoms with E-state index in [1.165, 1.54) is 5.56 Å². The Kier molecular flexibility index (Phi) is 7.57. The van der Waals surface area contributed by atoms with E-state index in [9.17, 15) is 14.4 Å². The van der Waals surface area contributed by atoms with E-state index in [-0.39, 0.29) is 30.4 Å². The number of aromatic nitrogens is 1. The van der Waals surface area contributed by atoms with Crippen LogP contribution in [-0.2, 0) is 29.2 Å². The van der Waals surface area contributed by atoms with Crippen LogP contribution >= 0.6 is 0 Å². The number of likely N-dealkylation sites (tertiary alicyclic amines) is 1.